The van der Waals surface area contributed by atoms with Crippen LogP contribution < -0.4 is 4.57 Å². The third kappa shape index (κ3) is 1.32. The molecule has 0 amide bonds. The molecule has 10 heavy (non-hydrogen) atoms. The van der Waals surface area contributed by atoms with Crippen LogP contribution in [0.15, 0.2) is 30.6 Å². The van der Waals surface area contributed by atoms with Crippen LogP contribution in [-0.4, -0.2) is 0 Å². The lowest BCUT2D eigenvalue weighted by molar-refractivity contribution is -0.706. The van der Waals surface area contributed by atoms with E-state index in [9.17, 15) is 0 Å². The molecule has 0 radical (unpaired) electrons. The molecule has 0 N–H and O–H groups in total. The maximum atomic E-state index is 8.52. The SMILES string of the molecule is CC(C#N)[n+]1ccccc1. The fraction of sp³-hybridized carbons (Fsp3) is 0.250. The van der Waals surface area contributed by atoms with Gasteiger partial charge in [0.05, 0.1) is 0 Å². The van der Waals surface area contributed by atoms with Gasteiger partial charge in [-0.05, 0) is 0 Å². The summed E-state index contributed by atoms with van der Waals surface area (Å²) in [6.45, 7) is 1.86. The molecule has 0 aliphatic heterocycles. The molecule has 1 rings (SSSR count). The van der Waals surface area contributed by atoms with Crippen LogP contribution in [-0.2, 0) is 0 Å². The van der Waals surface area contributed by atoms with Gasteiger partial charge in [0.15, 0.2) is 12.4 Å². The van der Waals surface area contributed by atoms with Gasteiger partial charge in [-0.1, -0.05) is 6.07 Å². The third-order valence-electron chi connectivity index (χ3n) is 1.37. The van der Waals surface area contributed by atoms with Crippen molar-refractivity contribution in [3.8, 4) is 6.07 Å². The Hall–Kier alpha value is -1.36. The molecule has 0 aliphatic carbocycles. The Bertz CT molecular complexity index is 235. The fourth-order valence-corrected chi connectivity index (χ4v) is 0.737. The highest BCUT2D eigenvalue weighted by Crippen LogP contribution is 1.88. The summed E-state index contributed by atoms with van der Waals surface area (Å²) in [5.41, 5.74) is 0. The molecule has 50 valence electrons. The van der Waals surface area contributed by atoms with E-state index in [0.29, 0.717) is 0 Å². The van der Waals surface area contributed by atoms with Crippen LogP contribution >= 0.6 is 0 Å². The highest BCUT2D eigenvalue weighted by molar-refractivity contribution is 4.85. The number of hydrogen-bond donors (Lipinski definition) is 0. The zero-order valence-electron chi connectivity index (χ0n) is 5.86. The van der Waals surface area contributed by atoms with E-state index in [1.165, 1.54) is 0 Å². The Balaban J connectivity index is 2.88. The van der Waals surface area contributed by atoms with E-state index < -0.39 is 0 Å². The standard InChI is InChI=1S/C8H9N2/c1-8(7-9)10-5-3-2-4-6-10/h2-6,8H,1H3/q+1. The predicted molar refractivity (Wildman–Crippen MR) is 37.0 cm³/mol. The van der Waals surface area contributed by atoms with Crippen molar-refractivity contribution in [3.63, 3.8) is 0 Å². The van der Waals surface area contributed by atoms with Crippen molar-refractivity contribution in [2.75, 3.05) is 0 Å². The number of nitriles is 1. The molecule has 1 atom stereocenters. The Morgan fingerprint density at radius 3 is 2.40 bits per heavy atom. The predicted octanol–water partition coefficient (Wildman–Crippen LogP) is 1.06. The molecule has 0 bridgehead atoms. The van der Waals surface area contributed by atoms with Crippen molar-refractivity contribution < 1.29 is 4.57 Å². The molecule has 2 heteroatoms. The molecule has 0 saturated carbocycles. The molecule has 1 unspecified atom stereocenters. The molecule has 0 aromatic carbocycles. The topological polar surface area (TPSA) is 27.7 Å². The van der Waals surface area contributed by atoms with E-state index in [1.54, 1.807) is 0 Å². The van der Waals surface area contributed by atoms with Crippen LogP contribution in [0.5, 0.6) is 0 Å². The highest BCUT2D eigenvalue weighted by atomic mass is 15.0. The first-order valence-electron chi connectivity index (χ1n) is 3.20. The Morgan fingerprint density at radius 1 is 1.30 bits per heavy atom. The van der Waals surface area contributed by atoms with Gasteiger partial charge in [-0.15, -0.1) is 0 Å². The lowest BCUT2D eigenvalue weighted by atomic mass is 10.3. The highest BCUT2D eigenvalue weighted by Gasteiger charge is 2.06. The van der Waals surface area contributed by atoms with Crippen LogP contribution in [0.4, 0.5) is 0 Å². The van der Waals surface area contributed by atoms with Gasteiger partial charge >= 0.3 is 0 Å². The Labute approximate surface area is 60.3 Å². The summed E-state index contributed by atoms with van der Waals surface area (Å²) >= 11 is 0. The van der Waals surface area contributed by atoms with E-state index in [4.69, 9.17) is 5.26 Å². The van der Waals surface area contributed by atoms with Gasteiger partial charge in [0, 0.05) is 19.1 Å². The van der Waals surface area contributed by atoms with Crippen LogP contribution in [0.25, 0.3) is 0 Å². The van der Waals surface area contributed by atoms with Crippen LogP contribution in [0.3, 0.4) is 0 Å². The van der Waals surface area contributed by atoms with Crippen molar-refractivity contribution in [2.24, 2.45) is 0 Å². The summed E-state index contributed by atoms with van der Waals surface area (Å²) in [5.74, 6) is 0. The molecule has 2 nitrogen and oxygen atoms in total. The zero-order chi connectivity index (χ0) is 7.40. The molecule has 0 aliphatic rings. The molecule has 1 aromatic rings. The molecule has 1 aromatic heterocycles. The molecular weight excluding hydrogens is 124 g/mol. The summed E-state index contributed by atoms with van der Waals surface area (Å²) < 4.78 is 1.86. The second-order valence-corrected chi connectivity index (χ2v) is 2.13. The maximum absolute atomic E-state index is 8.52. The maximum Gasteiger partial charge on any atom is 0.240 e. The first-order valence-corrected chi connectivity index (χ1v) is 3.20. The summed E-state index contributed by atoms with van der Waals surface area (Å²) in [5, 5.41) is 8.52. The average molecular weight is 133 g/mol. The van der Waals surface area contributed by atoms with Crippen molar-refractivity contribution in [1.82, 2.24) is 0 Å². The van der Waals surface area contributed by atoms with E-state index in [-0.39, 0.29) is 6.04 Å². The first kappa shape index (κ1) is 6.76. The third-order valence-corrected chi connectivity index (χ3v) is 1.37. The molecular formula is C8H9N2+. The lowest BCUT2D eigenvalue weighted by Gasteiger charge is -1.93. The normalized spacial score (nSPS) is 12.0. The number of pyridine rings is 1. The van der Waals surface area contributed by atoms with Gasteiger partial charge < -0.3 is 0 Å². The summed E-state index contributed by atoms with van der Waals surface area (Å²) in [4.78, 5) is 0. The fourth-order valence-electron chi connectivity index (χ4n) is 0.737. The molecule has 0 fully saturated rings. The van der Waals surface area contributed by atoms with Gasteiger partial charge in [-0.2, -0.15) is 9.83 Å². The Kier molecular flexibility index (Phi) is 2.01. The van der Waals surface area contributed by atoms with Gasteiger partial charge in [0.25, 0.3) is 0 Å². The first-order chi connectivity index (χ1) is 4.84. The lowest BCUT2D eigenvalue weighted by Crippen LogP contribution is -2.35. The van der Waals surface area contributed by atoms with Crippen molar-refractivity contribution in [2.45, 2.75) is 13.0 Å². The van der Waals surface area contributed by atoms with Crippen LogP contribution in [0.2, 0.25) is 0 Å². The summed E-state index contributed by atoms with van der Waals surface area (Å²) in [7, 11) is 0. The van der Waals surface area contributed by atoms with Gasteiger partial charge in [-0.25, -0.2) is 0 Å². The minimum atomic E-state index is -0.0683. The molecule has 1 heterocycles. The minimum Gasteiger partial charge on any atom is -0.191 e. The number of rotatable bonds is 1. The van der Waals surface area contributed by atoms with E-state index in [2.05, 4.69) is 6.07 Å². The van der Waals surface area contributed by atoms with Crippen LogP contribution in [0, 0.1) is 11.3 Å². The number of hydrogen-bond acceptors (Lipinski definition) is 1. The monoisotopic (exact) mass is 133 g/mol. The van der Waals surface area contributed by atoms with Crippen molar-refractivity contribution in [3.05, 3.63) is 30.6 Å². The van der Waals surface area contributed by atoms with Gasteiger partial charge in [-0.3, -0.25) is 0 Å². The van der Waals surface area contributed by atoms with Gasteiger partial charge in [0.1, 0.15) is 6.07 Å². The summed E-state index contributed by atoms with van der Waals surface area (Å²) in [6, 6.07) is 7.83. The smallest absolute Gasteiger partial charge is 0.191 e. The van der Waals surface area contributed by atoms with Gasteiger partial charge in [0.2, 0.25) is 6.04 Å². The average Bonchev–Trinajstić information content (AvgIpc) is 2.05. The van der Waals surface area contributed by atoms with E-state index >= 15 is 0 Å². The van der Waals surface area contributed by atoms with Crippen molar-refractivity contribution >= 4 is 0 Å². The quantitative estimate of drug-likeness (QED) is 0.526. The molecule has 0 saturated heterocycles. The van der Waals surface area contributed by atoms with E-state index in [0.717, 1.165) is 0 Å². The number of aromatic nitrogens is 1. The Morgan fingerprint density at radius 2 is 1.90 bits per heavy atom. The molecule has 0 spiro atoms. The zero-order valence-corrected chi connectivity index (χ0v) is 5.86. The van der Waals surface area contributed by atoms with Crippen LogP contribution in [0.1, 0.15) is 13.0 Å². The number of nitrogens with zero attached hydrogens (tertiary/aromatic N) is 2. The second kappa shape index (κ2) is 2.98. The van der Waals surface area contributed by atoms with Crippen molar-refractivity contribution in [1.29, 1.82) is 5.26 Å². The minimum absolute atomic E-state index is 0.0683. The largest absolute Gasteiger partial charge is 0.240 e. The van der Waals surface area contributed by atoms with E-state index in [1.807, 2.05) is 42.1 Å². The second-order valence-electron chi connectivity index (χ2n) is 2.13. The summed E-state index contributed by atoms with van der Waals surface area (Å²) in [6.07, 6.45) is 3.77.